The van der Waals surface area contributed by atoms with E-state index in [-0.39, 0.29) is 5.91 Å². The molecule has 1 saturated heterocycles. The molecule has 164 valence electrons. The van der Waals surface area contributed by atoms with Crippen LogP contribution >= 0.6 is 24.2 Å². The lowest BCUT2D eigenvalue weighted by molar-refractivity contribution is -0.131. The minimum atomic E-state index is 0.156. The highest BCUT2D eigenvalue weighted by molar-refractivity contribution is 7.80. The fourth-order valence-electron chi connectivity index (χ4n) is 4.41. The van der Waals surface area contributed by atoms with Crippen molar-refractivity contribution in [2.75, 3.05) is 36.8 Å². The minimum absolute atomic E-state index is 0.156. The molecule has 1 aliphatic rings. The summed E-state index contributed by atoms with van der Waals surface area (Å²) < 4.78 is 0. The summed E-state index contributed by atoms with van der Waals surface area (Å²) >= 11 is 11.0. The van der Waals surface area contributed by atoms with E-state index < -0.39 is 0 Å². The number of thiol groups is 1. The number of rotatable bonds is 4. The van der Waals surface area contributed by atoms with Crippen LogP contribution in [0.2, 0.25) is 5.02 Å². The maximum absolute atomic E-state index is 12.2. The Morgan fingerprint density at radius 1 is 1.16 bits per heavy atom. The molecule has 0 atom stereocenters. The van der Waals surface area contributed by atoms with E-state index in [2.05, 4.69) is 50.7 Å². The number of benzene rings is 2. The van der Waals surface area contributed by atoms with Crippen LogP contribution in [0.15, 0.2) is 36.8 Å². The molecule has 4 aromatic rings. The van der Waals surface area contributed by atoms with Crippen molar-refractivity contribution in [1.82, 2.24) is 25.1 Å². The predicted octanol–water partition coefficient (Wildman–Crippen LogP) is 4.10. The van der Waals surface area contributed by atoms with Gasteiger partial charge in [0.25, 0.3) is 0 Å². The standard InChI is InChI=1S/C23H23ClN6OS/c1-14-2-3-19-17(12-27-28-19)22(14)15-11-20-16(10-18(15)24)23(26-13-25-20)30-7-5-29(6-8-30)21(31)4-9-32/h2-3,10-13,32H,4-9H2,1H3,(H,27,28). The van der Waals surface area contributed by atoms with Crippen molar-refractivity contribution in [3.63, 3.8) is 0 Å². The van der Waals surface area contributed by atoms with Crippen molar-refractivity contribution in [2.45, 2.75) is 13.3 Å². The molecule has 0 aliphatic carbocycles. The van der Waals surface area contributed by atoms with Gasteiger partial charge in [-0.15, -0.1) is 0 Å². The fourth-order valence-corrected chi connectivity index (χ4v) is 4.86. The lowest BCUT2D eigenvalue weighted by Gasteiger charge is -2.35. The lowest BCUT2D eigenvalue weighted by atomic mass is 9.96. The minimum Gasteiger partial charge on any atom is -0.352 e. The zero-order valence-corrected chi connectivity index (χ0v) is 19.3. The van der Waals surface area contributed by atoms with Crippen LogP contribution in [0, 0.1) is 6.92 Å². The number of nitrogens with one attached hydrogen (secondary N) is 1. The van der Waals surface area contributed by atoms with Crippen LogP contribution in [0.25, 0.3) is 32.9 Å². The first-order valence-corrected chi connectivity index (χ1v) is 11.6. The molecule has 0 spiro atoms. The van der Waals surface area contributed by atoms with Crippen LogP contribution < -0.4 is 4.90 Å². The quantitative estimate of drug-likeness (QED) is 0.443. The zero-order valence-electron chi connectivity index (χ0n) is 17.7. The molecule has 1 aliphatic heterocycles. The Balaban J connectivity index is 1.52. The second-order valence-corrected chi connectivity index (χ2v) is 8.83. The number of carbonyl (C=O) groups excluding carboxylic acids is 1. The topological polar surface area (TPSA) is 78.0 Å². The Morgan fingerprint density at radius 2 is 1.97 bits per heavy atom. The number of hydrogen-bond acceptors (Lipinski definition) is 6. The number of aromatic nitrogens is 4. The smallest absolute Gasteiger partial charge is 0.223 e. The zero-order chi connectivity index (χ0) is 22.2. The van der Waals surface area contributed by atoms with Gasteiger partial charge in [-0.05, 0) is 42.0 Å². The maximum Gasteiger partial charge on any atom is 0.223 e. The summed E-state index contributed by atoms with van der Waals surface area (Å²) in [6.07, 6.45) is 3.90. The summed E-state index contributed by atoms with van der Waals surface area (Å²) in [6, 6.07) is 8.08. The van der Waals surface area contributed by atoms with Crippen LogP contribution in [-0.2, 0) is 4.79 Å². The van der Waals surface area contributed by atoms with Crippen molar-refractivity contribution in [3.05, 3.63) is 47.4 Å². The number of fused-ring (bicyclic) bond motifs is 2. The van der Waals surface area contributed by atoms with Gasteiger partial charge in [0.2, 0.25) is 5.91 Å². The number of nitrogens with zero attached hydrogens (tertiary/aromatic N) is 5. The van der Waals surface area contributed by atoms with Gasteiger partial charge in [-0.3, -0.25) is 9.89 Å². The molecule has 0 unspecified atom stereocenters. The van der Waals surface area contributed by atoms with Crippen molar-refractivity contribution in [1.29, 1.82) is 0 Å². The second kappa shape index (κ2) is 8.60. The van der Waals surface area contributed by atoms with Crippen molar-refractivity contribution < 1.29 is 4.79 Å². The Kier molecular flexibility index (Phi) is 5.65. The van der Waals surface area contributed by atoms with Crippen molar-refractivity contribution in [3.8, 4) is 11.1 Å². The average molecular weight is 467 g/mol. The molecule has 32 heavy (non-hydrogen) atoms. The molecule has 2 aromatic carbocycles. The van der Waals surface area contributed by atoms with E-state index in [0.717, 1.165) is 57.4 Å². The Labute approximate surface area is 196 Å². The summed E-state index contributed by atoms with van der Waals surface area (Å²) in [5.41, 5.74) is 4.91. The molecule has 3 heterocycles. The van der Waals surface area contributed by atoms with Gasteiger partial charge in [-0.25, -0.2) is 9.97 Å². The Morgan fingerprint density at radius 3 is 2.75 bits per heavy atom. The predicted molar refractivity (Wildman–Crippen MR) is 132 cm³/mol. The normalized spacial score (nSPS) is 14.5. The molecule has 7 nitrogen and oxygen atoms in total. The molecule has 1 amide bonds. The number of piperazine rings is 1. The third kappa shape index (κ3) is 3.67. The second-order valence-electron chi connectivity index (χ2n) is 7.98. The largest absolute Gasteiger partial charge is 0.352 e. The number of H-pyrrole nitrogens is 1. The summed E-state index contributed by atoms with van der Waals surface area (Å²) in [5, 5.41) is 9.81. The van der Waals surface area contributed by atoms with Crippen LogP contribution in [0.3, 0.4) is 0 Å². The highest BCUT2D eigenvalue weighted by atomic mass is 35.5. The summed E-state index contributed by atoms with van der Waals surface area (Å²) in [7, 11) is 0. The molecule has 9 heteroatoms. The molecule has 0 saturated carbocycles. The lowest BCUT2D eigenvalue weighted by Crippen LogP contribution is -2.49. The first kappa shape index (κ1) is 21.0. The SMILES string of the molecule is Cc1ccc2[nH]ncc2c1-c1cc2ncnc(N3CCN(C(=O)CCS)CC3)c2cc1Cl. The van der Waals surface area contributed by atoms with Gasteiger partial charge in [0.15, 0.2) is 0 Å². The average Bonchev–Trinajstić information content (AvgIpc) is 3.28. The van der Waals surface area contributed by atoms with E-state index in [1.165, 1.54) is 0 Å². The fraction of sp³-hybridized carbons (Fsp3) is 0.304. The van der Waals surface area contributed by atoms with Crippen molar-refractivity contribution >= 4 is 57.8 Å². The van der Waals surface area contributed by atoms with E-state index in [9.17, 15) is 4.79 Å². The van der Waals surface area contributed by atoms with Gasteiger partial charge in [0.1, 0.15) is 12.1 Å². The summed E-state index contributed by atoms with van der Waals surface area (Å²) in [6.45, 7) is 4.86. The first-order valence-electron chi connectivity index (χ1n) is 10.6. The first-order chi connectivity index (χ1) is 15.6. The number of aryl methyl sites for hydroxylation is 1. The molecule has 0 radical (unpaired) electrons. The van der Waals surface area contributed by atoms with E-state index in [1.54, 1.807) is 6.33 Å². The summed E-state index contributed by atoms with van der Waals surface area (Å²) in [5.74, 6) is 1.58. The van der Waals surface area contributed by atoms with Gasteiger partial charge in [0, 0.05) is 54.0 Å². The third-order valence-corrected chi connectivity index (χ3v) is 6.60. The molecular formula is C23H23ClN6OS. The van der Waals surface area contributed by atoms with Gasteiger partial charge in [-0.2, -0.15) is 17.7 Å². The van der Waals surface area contributed by atoms with E-state index in [4.69, 9.17) is 11.6 Å². The summed E-state index contributed by atoms with van der Waals surface area (Å²) in [4.78, 5) is 25.4. The van der Waals surface area contributed by atoms with E-state index >= 15 is 0 Å². The van der Waals surface area contributed by atoms with E-state index in [0.29, 0.717) is 30.3 Å². The number of halogens is 1. The molecule has 1 fully saturated rings. The Hall–Kier alpha value is -2.84. The van der Waals surface area contributed by atoms with Crippen molar-refractivity contribution in [2.24, 2.45) is 0 Å². The number of anilines is 1. The van der Waals surface area contributed by atoms with Gasteiger partial charge in [-0.1, -0.05) is 17.7 Å². The van der Waals surface area contributed by atoms with Crippen LogP contribution in [0.1, 0.15) is 12.0 Å². The van der Waals surface area contributed by atoms with Gasteiger partial charge < -0.3 is 9.80 Å². The third-order valence-electron chi connectivity index (χ3n) is 6.06. The number of amides is 1. The Bertz CT molecular complexity index is 1310. The monoisotopic (exact) mass is 466 g/mol. The van der Waals surface area contributed by atoms with Crippen LogP contribution in [-0.4, -0.2) is 62.9 Å². The number of carbonyl (C=O) groups is 1. The van der Waals surface area contributed by atoms with Gasteiger partial charge >= 0.3 is 0 Å². The molecule has 1 N–H and O–H groups in total. The molecule has 2 aromatic heterocycles. The van der Waals surface area contributed by atoms with Crippen LogP contribution in [0.5, 0.6) is 0 Å². The highest BCUT2D eigenvalue weighted by Gasteiger charge is 2.23. The molecule has 5 rings (SSSR count). The van der Waals surface area contributed by atoms with E-state index in [1.807, 2.05) is 29.3 Å². The maximum atomic E-state index is 12.2. The van der Waals surface area contributed by atoms with Gasteiger partial charge in [0.05, 0.1) is 17.2 Å². The molecule has 0 bridgehead atoms. The number of aromatic amines is 1. The molecular weight excluding hydrogens is 444 g/mol. The van der Waals surface area contributed by atoms with Crippen LogP contribution in [0.4, 0.5) is 5.82 Å². The highest BCUT2D eigenvalue weighted by Crippen LogP contribution is 2.39. The number of hydrogen-bond donors (Lipinski definition) is 2.